The quantitative estimate of drug-likeness (QED) is 0.680. The van der Waals surface area contributed by atoms with Gasteiger partial charge in [-0.25, -0.2) is 0 Å². The molecule has 1 heterocycles. The van der Waals surface area contributed by atoms with Gasteiger partial charge >= 0.3 is 0 Å². The average molecular weight is 296 g/mol. The summed E-state index contributed by atoms with van der Waals surface area (Å²) in [6.45, 7) is 15.1. The number of rotatable bonds is 11. The van der Waals surface area contributed by atoms with Crippen molar-refractivity contribution in [1.82, 2.24) is 20.4 Å². The molecule has 0 saturated carbocycles. The largest absolute Gasteiger partial charge is 0.339 e. The van der Waals surface area contributed by atoms with E-state index < -0.39 is 0 Å². The lowest BCUT2D eigenvalue weighted by Crippen LogP contribution is -2.32. The van der Waals surface area contributed by atoms with Crippen LogP contribution < -0.4 is 5.32 Å². The first kappa shape index (κ1) is 18.1. The van der Waals surface area contributed by atoms with Crippen LogP contribution >= 0.6 is 0 Å². The van der Waals surface area contributed by atoms with E-state index in [9.17, 15) is 0 Å². The van der Waals surface area contributed by atoms with E-state index in [1.807, 2.05) is 0 Å². The van der Waals surface area contributed by atoms with E-state index in [2.05, 4.69) is 55.0 Å². The maximum atomic E-state index is 5.50. The molecular weight excluding hydrogens is 264 g/mol. The van der Waals surface area contributed by atoms with Gasteiger partial charge < -0.3 is 14.7 Å². The topological polar surface area (TPSA) is 54.2 Å². The van der Waals surface area contributed by atoms with Crippen LogP contribution in [0.3, 0.4) is 0 Å². The first-order chi connectivity index (χ1) is 10.2. The van der Waals surface area contributed by atoms with Crippen LogP contribution in [0.1, 0.15) is 65.1 Å². The summed E-state index contributed by atoms with van der Waals surface area (Å²) in [4.78, 5) is 6.98. The maximum Gasteiger partial charge on any atom is 0.231 e. The van der Waals surface area contributed by atoms with Crippen molar-refractivity contribution in [2.24, 2.45) is 0 Å². The molecule has 0 aliphatic heterocycles. The Bertz CT molecular complexity index is 376. The van der Waals surface area contributed by atoms with Crippen molar-refractivity contribution in [2.75, 3.05) is 26.2 Å². The Balaban J connectivity index is 2.58. The van der Waals surface area contributed by atoms with Gasteiger partial charge in [0.05, 0.1) is 5.92 Å². The van der Waals surface area contributed by atoms with Crippen LogP contribution in [0.5, 0.6) is 0 Å². The molecule has 1 aromatic rings. The predicted octanol–water partition coefficient (Wildman–Crippen LogP) is 2.84. The Kier molecular flexibility index (Phi) is 8.54. The van der Waals surface area contributed by atoms with E-state index in [0.717, 1.165) is 57.2 Å². The molecule has 0 aliphatic rings. The molecule has 0 radical (unpaired) electrons. The molecule has 5 heteroatoms. The van der Waals surface area contributed by atoms with E-state index >= 15 is 0 Å². The molecule has 0 spiro atoms. The van der Waals surface area contributed by atoms with Gasteiger partial charge in [0.1, 0.15) is 0 Å². The number of nitrogens with one attached hydrogen (secondary N) is 1. The molecule has 1 rings (SSSR count). The van der Waals surface area contributed by atoms with Crippen LogP contribution in [0.15, 0.2) is 4.52 Å². The molecule has 122 valence electrons. The third-order valence-corrected chi connectivity index (χ3v) is 4.11. The molecular formula is C16H32N4O. The first-order valence-corrected chi connectivity index (χ1v) is 8.44. The fourth-order valence-electron chi connectivity index (χ4n) is 2.57. The van der Waals surface area contributed by atoms with Crippen molar-refractivity contribution in [3.63, 3.8) is 0 Å². The van der Waals surface area contributed by atoms with E-state index in [-0.39, 0.29) is 0 Å². The van der Waals surface area contributed by atoms with Gasteiger partial charge in [0.15, 0.2) is 5.82 Å². The maximum absolute atomic E-state index is 5.50. The minimum Gasteiger partial charge on any atom is -0.339 e. The molecule has 1 aromatic heterocycles. The number of nitrogens with zero attached hydrogens (tertiary/aromatic N) is 3. The molecule has 0 amide bonds. The lowest BCUT2D eigenvalue weighted by atomic mass is 9.98. The van der Waals surface area contributed by atoms with Gasteiger partial charge in [0, 0.05) is 19.0 Å². The molecule has 21 heavy (non-hydrogen) atoms. The highest BCUT2D eigenvalue weighted by atomic mass is 16.5. The van der Waals surface area contributed by atoms with Crippen LogP contribution in [-0.4, -0.2) is 47.3 Å². The number of hydrogen-bond acceptors (Lipinski definition) is 5. The molecule has 2 atom stereocenters. The van der Waals surface area contributed by atoms with Gasteiger partial charge in [-0.3, -0.25) is 0 Å². The molecule has 0 fully saturated rings. The van der Waals surface area contributed by atoms with Crippen molar-refractivity contribution < 1.29 is 4.52 Å². The molecule has 0 bridgehead atoms. The van der Waals surface area contributed by atoms with Crippen LogP contribution in [-0.2, 0) is 6.42 Å². The minimum atomic E-state index is 0.297. The second kappa shape index (κ2) is 9.90. The Morgan fingerprint density at radius 1 is 1.19 bits per heavy atom. The zero-order chi connectivity index (χ0) is 15.7. The van der Waals surface area contributed by atoms with Crippen LogP contribution in [0.2, 0.25) is 0 Å². The number of likely N-dealkylation sites (N-methyl/N-ethyl adjacent to an activating group) is 1. The van der Waals surface area contributed by atoms with Crippen molar-refractivity contribution >= 4 is 0 Å². The second-order valence-corrected chi connectivity index (χ2v) is 5.58. The van der Waals surface area contributed by atoms with Crippen LogP contribution in [0, 0.1) is 0 Å². The van der Waals surface area contributed by atoms with Gasteiger partial charge in [-0.1, -0.05) is 32.9 Å². The first-order valence-electron chi connectivity index (χ1n) is 8.44. The van der Waals surface area contributed by atoms with E-state index in [4.69, 9.17) is 4.52 Å². The highest BCUT2D eigenvalue weighted by molar-refractivity contribution is 4.98. The number of hydrogen-bond donors (Lipinski definition) is 1. The monoisotopic (exact) mass is 296 g/mol. The van der Waals surface area contributed by atoms with E-state index in [1.165, 1.54) is 0 Å². The molecule has 0 aromatic carbocycles. The van der Waals surface area contributed by atoms with Gasteiger partial charge in [-0.15, -0.1) is 0 Å². The summed E-state index contributed by atoms with van der Waals surface area (Å²) in [5.41, 5.74) is 0. The molecule has 1 N–H and O–H groups in total. The second-order valence-electron chi connectivity index (χ2n) is 5.58. The summed E-state index contributed by atoms with van der Waals surface area (Å²) >= 11 is 0. The molecule has 2 unspecified atom stereocenters. The molecule has 0 saturated heterocycles. The zero-order valence-corrected chi connectivity index (χ0v) is 14.4. The molecule has 0 aliphatic carbocycles. The highest BCUT2D eigenvalue weighted by Gasteiger charge is 2.23. The third kappa shape index (κ3) is 5.75. The lowest BCUT2D eigenvalue weighted by Gasteiger charge is -2.20. The van der Waals surface area contributed by atoms with Crippen LogP contribution in [0.25, 0.3) is 0 Å². The Labute approximate surface area is 129 Å². The highest BCUT2D eigenvalue weighted by Crippen LogP contribution is 2.21. The summed E-state index contributed by atoms with van der Waals surface area (Å²) < 4.78 is 5.50. The van der Waals surface area contributed by atoms with Crippen molar-refractivity contribution in [1.29, 1.82) is 0 Å². The normalized spacial score (nSPS) is 14.6. The third-order valence-electron chi connectivity index (χ3n) is 4.11. The summed E-state index contributed by atoms with van der Waals surface area (Å²) in [5.74, 6) is 1.91. The van der Waals surface area contributed by atoms with Crippen molar-refractivity contribution in [3.05, 3.63) is 11.7 Å². The van der Waals surface area contributed by atoms with Crippen molar-refractivity contribution in [2.45, 2.75) is 65.8 Å². The average Bonchev–Trinajstić information content (AvgIpc) is 2.95. The Morgan fingerprint density at radius 3 is 2.48 bits per heavy atom. The summed E-state index contributed by atoms with van der Waals surface area (Å²) in [5, 5.41) is 7.67. The summed E-state index contributed by atoms with van der Waals surface area (Å²) in [7, 11) is 0. The fraction of sp³-hybridized carbons (Fsp3) is 0.875. The van der Waals surface area contributed by atoms with Crippen LogP contribution in [0.4, 0.5) is 0 Å². The summed E-state index contributed by atoms with van der Waals surface area (Å²) in [6, 6.07) is 0.367. The van der Waals surface area contributed by atoms with Gasteiger partial charge in [-0.2, -0.15) is 4.98 Å². The van der Waals surface area contributed by atoms with Crippen molar-refractivity contribution in [3.8, 4) is 0 Å². The SMILES string of the molecule is CCCNC(C)C(CC)c1nc(CCN(CC)CC)no1. The van der Waals surface area contributed by atoms with Gasteiger partial charge in [0.25, 0.3) is 0 Å². The van der Waals surface area contributed by atoms with E-state index in [0.29, 0.717) is 12.0 Å². The Morgan fingerprint density at radius 2 is 1.90 bits per heavy atom. The van der Waals surface area contributed by atoms with Gasteiger partial charge in [-0.05, 0) is 39.4 Å². The minimum absolute atomic E-state index is 0.297. The fourth-order valence-corrected chi connectivity index (χ4v) is 2.57. The van der Waals surface area contributed by atoms with E-state index in [1.54, 1.807) is 0 Å². The number of aromatic nitrogens is 2. The standard InChI is InChI=1S/C16H32N4O/c1-6-11-17-13(5)14(7-2)16-18-15(19-21-16)10-12-20(8-3)9-4/h13-14,17H,6-12H2,1-5H3. The predicted molar refractivity (Wildman–Crippen MR) is 86.6 cm³/mol. The zero-order valence-electron chi connectivity index (χ0n) is 14.4. The smallest absolute Gasteiger partial charge is 0.231 e. The summed E-state index contributed by atoms with van der Waals surface area (Å²) in [6.07, 6.45) is 3.01. The Hall–Kier alpha value is -0.940. The molecule has 5 nitrogen and oxygen atoms in total. The lowest BCUT2D eigenvalue weighted by molar-refractivity contribution is 0.298. The van der Waals surface area contributed by atoms with Gasteiger partial charge in [0.2, 0.25) is 5.89 Å².